The van der Waals surface area contributed by atoms with E-state index in [1.807, 2.05) is 0 Å². The number of fused-ring (bicyclic) bond motifs is 2. The molecule has 0 radical (unpaired) electrons. The van der Waals surface area contributed by atoms with Gasteiger partial charge in [0.05, 0.1) is 5.69 Å². The third-order valence-electron chi connectivity index (χ3n) is 4.11. The summed E-state index contributed by atoms with van der Waals surface area (Å²) < 4.78 is 5.64. The highest BCUT2D eigenvalue weighted by atomic mass is 16.4. The number of aromatic nitrogens is 1. The molecule has 0 saturated carbocycles. The van der Waals surface area contributed by atoms with E-state index in [1.165, 1.54) is 26.3 Å². The molecule has 0 unspecified atom stereocenters. The van der Waals surface area contributed by atoms with Crippen molar-refractivity contribution in [2.24, 2.45) is 5.92 Å². The van der Waals surface area contributed by atoms with Gasteiger partial charge in [-0.25, -0.2) is 0 Å². The lowest BCUT2D eigenvalue weighted by molar-refractivity contribution is -0.114. The molecular weight excluding hydrogens is 230 g/mol. The minimum absolute atomic E-state index is 0.136. The zero-order valence-corrected chi connectivity index (χ0v) is 10.9. The van der Waals surface area contributed by atoms with Crippen LogP contribution in [0.3, 0.4) is 0 Å². The maximum Gasteiger partial charge on any atom is 0.301 e. The van der Waals surface area contributed by atoms with Crippen LogP contribution in [-0.2, 0) is 17.6 Å². The van der Waals surface area contributed by atoms with Gasteiger partial charge in [-0.1, -0.05) is 0 Å². The van der Waals surface area contributed by atoms with Crippen LogP contribution in [0.15, 0.2) is 4.42 Å². The molecule has 2 heterocycles. The first kappa shape index (κ1) is 11.7. The van der Waals surface area contributed by atoms with Crippen LogP contribution in [0.5, 0.6) is 0 Å². The third kappa shape index (κ3) is 2.03. The topological polar surface area (TPSA) is 58.4 Å². The third-order valence-corrected chi connectivity index (χ3v) is 4.11. The molecule has 98 valence electrons. The Balaban J connectivity index is 1.83. The molecule has 1 fully saturated rings. The molecule has 3 rings (SSSR count). The van der Waals surface area contributed by atoms with E-state index >= 15 is 0 Å². The number of carbonyl (C=O) groups excluding carboxylic acids is 1. The molecule has 0 spiro atoms. The van der Waals surface area contributed by atoms with Crippen LogP contribution < -0.4 is 5.32 Å². The highest BCUT2D eigenvalue weighted by molar-refractivity contribution is 5.86. The Bertz CT molecular complexity index is 469. The van der Waals surface area contributed by atoms with Crippen LogP contribution >= 0.6 is 0 Å². The average Bonchev–Trinajstić information content (AvgIpc) is 2.67. The van der Waals surface area contributed by atoms with E-state index in [9.17, 15) is 4.79 Å². The normalized spacial score (nSPS) is 27.4. The number of hydrogen-bond acceptors (Lipinski definition) is 4. The van der Waals surface area contributed by atoms with Crippen LogP contribution in [0.25, 0.3) is 0 Å². The molecule has 1 N–H and O–H groups in total. The number of rotatable bonds is 1. The molecule has 1 aliphatic heterocycles. The Morgan fingerprint density at radius 2 is 2.33 bits per heavy atom. The van der Waals surface area contributed by atoms with Crippen LogP contribution in [0, 0.1) is 5.92 Å². The fourth-order valence-corrected chi connectivity index (χ4v) is 3.23. The maximum absolute atomic E-state index is 11.0. The molecule has 18 heavy (non-hydrogen) atoms. The molecule has 1 saturated heterocycles. The van der Waals surface area contributed by atoms with Gasteiger partial charge in [-0.2, -0.15) is 4.98 Å². The summed E-state index contributed by atoms with van der Waals surface area (Å²) in [5.41, 5.74) is 1.04. The molecule has 5 heteroatoms. The van der Waals surface area contributed by atoms with E-state index < -0.39 is 0 Å². The van der Waals surface area contributed by atoms with Crippen LogP contribution in [0.4, 0.5) is 6.01 Å². The second-order valence-electron chi connectivity index (χ2n) is 5.43. The first-order valence-electron chi connectivity index (χ1n) is 6.60. The summed E-state index contributed by atoms with van der Waals surface area (Å²) in [6.45, 7) is 2.64. The summed E-state index contributed by atoms with van der Waals surface area (Å²) in [7, 11) is 2.19. The SMILES string of the molecule is CC(=O)Nc1nc2c(o1)C[C@@H]1[C@H](CCCN1C)C2. The van der Waals surface area contributed by atoms with Crippen molar-refractivity contribution >= 4 is 11.9 Å². The standard InChI is InChI=1S/C13H19N3O2/c1-8(17)14-13-15-10-6-9-4-3-5-16(2)11(9)7-12(10)18-13/h9,11H,3-7H2,1-2H3,(H,14,15,17)/t9-,11-/m1/s1. The Hall–Kier alpha value is -1.36. The average molecular weight is 249 g/mol. The van der Waals surface area contributed by atoms with Crippen LogP contribution in [0.1, 0.15) is 31.2 Å². The Morgan fingerprint density at radius 3 is 3.11 bits per heavy atom. The van der Waals surface area contributed by atoms with Gasteiger partial charge >= 0.3 is 6.01 Å². The summed E-state index contributed by atoms with van der Waals surface area (Å²) in [5.74, 6) is 1.50. The van der Waals surface area contributed by atoms with Crippen molar-refractivity contribution in [3.8, 4) is 0 Å². The second-order valence-corrected chi connectivity index (χ2v) is 5.43. The highest BCUT2D eigenvalue weighted by Crippen LogP contribution is 2.35. The summed E-state index contributed by atoms with van der Waals surface area (Å²) >= 11 is 0. The van der Waals surface area contributed by atoms with Crippen molar-refractivity contribution in [1.29, 1.82) is 0 Å². The Kier molecular flexibility index (Phi) is 2.86. The Labute approximate surface area is 107 Å². The van der Waals surface area contributed by atoms with Gasteiger partial charge < -0.3 is 9.32 Å². The molecule has 1 aliphatic carbocycles. The number of likely N-dealkylation sites (tertiary alicyclic amines) is 1. The van der Waals surface area contributed by atoms with Gasteiger partial charge in [0.2, 0.25) is 5.91 Å². The lowest BCUT2D eigenvalue weighted by Crippen LogP contribution is -2.46. The first-order chi connectivity index (χ1) is 8.63. The molecule has 1 aromatic heterocycles. The molecule has 1 amide bonds. The molecule has 2 atom stereocenters. The van der Waals surface area contributed by atoms with E-state index in [0.717, 1.165) is 24.3 Å². The predicted octanol–water partition coefficient (Wildman–Crippen LogP) is 1.44. The van der Waals surface area contributed by atoms with E-state index in [-0.39, 0.29) is 5.91 Å². The van der Waals surface area contributed by atoms with E-state index in [1.54, 1.807) is 0 Å². The number of piperidine rings is 1. The summed E-state index contributed by atoms with van der Waals surface area (Å²) in [4.78, 5) is 17.8. The van der Waals surface area contributed by atoms with Crippen LogP contribution in [-0.4, -0.2) is 35.4 Å². The number of likely N-dealkylation sites (N-methyl/N-ethyl adjacent to an activating group) is 1. The minimum Gasteiger partial charge on any atom is -0.428 e. The number of amides is 1. The summed E-state index contributed by atoms with van der Waals surface area (Å²) in [6, 6.07) is 0.929. The van der Waals surface area contributed by atoms with E-state index in [4.69, 9.17) is 4.42 Å². The molecule has 0 aromatic carbocycles. The number of nitrogens with one attached hydrogen (secondary N) is 1. The van der Waals surface area contributed by atoms with Gasteiger partial charge in [0.25, 0.3) is 0 Å². The van der Waals surface area contributed by atoms with Crippen molar-refractivity contribution < 1.29 is 9.21 Å². The van der Waals surface area contributed by atoms with Gasteiger partial charge in [-0.3, -0.25) is 10.1 Å². The first-order valence-corrected chi connectivity index (χ1v) is 6.60. The van der Waals surface area contributed by atoms with Crippen molar-refractivity contribution in [2.45, 2.75) is 38.6 Å². The lowest BCUT2D eigenvalue weighted by atomic mass is 9.79. The fourth-order valence-electron chi connectivity index (χ4n) is 3.23. The van der Waals surface area contributed by atoms with Gasteiger partial charge in [-0.15, -0.1) is 0 Å². The van der Waals surface area contributed by atoms with Gasteiger partial charge in [0, 0.05) is 19.4 Å². The lowest BCUT2D eigenvalue weighted by Gasteiger charge is -2.41. The number of oxazole rings is 1. The highest BCUT2D eigenvalue weighted by Gasteiger charge is 2.36. The fraction of sp³-hybridized carbons (Fsp3) is 0.692. The van der Waals surface area contributed by atoms with Gasteiger partial charge in [0.1, 0.15) is 5.76 Å². The van der Waals surface area contributed by atoms with Crippen molar-refractivity contribution in [1.82, 2.24) is 9.88 Å². The van der Waals surface area contributed by atoms with E-state index in [2.05, 4.69) is 22.2 Å². The number of nitrogens with zero attached hydrogens (tertiary/aromatic N) is 2. The number of anilines is 1. The van der Waals surface area contributed by atoms with Crippen molar-refractivity contribution in [2.75, 3.05) is 18.9 Å². The quantitative estimate of drug-likeness (QED) is 0.818. The molecular formula is C13H19N3O2. The number of hydrogen-bond donors (Lipinski definition) is 1. The molecule has 1 aromatic rings. The van der Waals surface area contributed by atoms with Crippen molar-refractivity contribution in [3.05, 3.63) is 11.5 Å². The Morgan fingerprint density at radius 1 is 1.50 bits per heavy atom. The zero-order valence-electron chi connectivity index (χ0n) is 10.9. The molecule has 0 bridgehead atoms. The maximum atomic E-state index is 11.0. The summed E-state index contributed by atoms with van der Waals surface area (Å²) in [6.07, 6.45) is 4.44. The summed E-state index contributed by atoms with van der Waals surface area (Å²) in [5, 5.41) is 2.62. The molecule has 5 nitrogen and oxygen atoms in total. The number of carbonyl (C=O) groups is 1. The van der Waals surface area contributed by atoms with Gasteiger partial charge in [-0.05, 0) is 38.8 Å². The molecule has 2 aliphatic rings. The predicted molar refractivity (Wildman–Crippen MR) is 67.4 cm³/mol. The smallest absolute Gasteiger partial charge is 0.301 e. The second kappa shape index (κ2) is 4.39. The largest absolute Gasteiger partial charge is 0.428 e. The van der Waals surface area contributed by atoms with Crippen molar-refractivity contribution in [3.63, 3.8) is 0 Å². The minimum atomic E-state index is -0.136. The zero-order chi connectivity index (χ0) is 12.7. The van der Waals surface area contributed by atoms with Gasteiger partial charge in [0.15, 0.2) is 0 Å². The van der Waals surface area contributed by atoms with Crippen LogP contribution in [0.2, 0.25) is 0 Å². The monoisotopic (exact) mass is 249 g/mol. The van der Waals surface area contributed by atoms with E-state index in [0.29, 0.717) is 18.0 Å².